The highest BCUT2D eigenvalue weighted by Crippen LogP contribution is 2.14. The van der Waals surface area contributed by atoms with Gasteiger partial charge in [0.1, 0.15) is 0 Å². The Bertz CT molecular complexity index is 692. The SMILES string of the molecule is O=C(CC/C(=N/Nc1ccccc1)c1ccccc1)N1CCCCC1. The van der Waals surface area contributed by atoms with E-state index < -0.39 is 0 Å². The van der Waals surface area contributed by atoms with Crippen LogP contribution in [0, 0.1) is 0 Å². The molecule has 3 rings (SSSR count). The fraction of sp³-hybridized carbons (Fsp3) is 0.333. The summed E-state index contributed by atoms with van der Waals surface area (Å²) < 4.78 is 0. The minimum atomic E-state index is 0.239. The molecule has 1 aliphatic rings. The minimum Gasteiger partial charge on any atom is -0.343 e. The fourth-order valence-electron chi connectivity index (χ4n) is 3.07. The molecule has 4 nitrogen and oxygen atoms in total. The van der Waals surface area contributed by atoms with Gasteiger partial charge in [-0.1, -0.05) is 48.5 Å². The van der Waals surface area contributed by atoms with E-state index in [1.807, 2.05) is 65.6 Å². The summed E-state index contributed by atoms with van der Waals surface area (Å²) in [5.41, 5.74) is 6.02. The van der Waals surface area contributed by atoms with Crippen molar-refractivity contribution in [2.75, 3.05) is 18.5 Å². The molecule has 4 heteroatoms. The van der Waals surface area contributed by atoms with E-state index in [1.54, 1.807) is 0 Å². The van der Waals surface area contributed by atoms with Gasteiger partial charge in [-0.05, 0) is 37.0 Å². The lowest BCUT2D eigenvalue weighted by atomic mass is 10.0. The van der Waals surface area contributed by atoms with Gasteiger partial charge >= 0.3 is 0 Å². The first-order valence-corrected chi connectivity index (χ1v) is 9.04. The molecule has 0 unspecified atom stereocenters. The van der Waals surface area contributed by atoms with Crippen molar-refractivity contribution >= 4 is 17.3 Å². The standard InChI is InChI=1S/C21H25N3O/c25-21(24-16-8-3-9-17-24)15-14-20(18-10-4-1-5-11-18)23-22-19-12-6-2-7-13-19/h1-2,4-7,10-13,22H,3,8-9,14-17H2/b23-20-. The number of hydrogen-bond acceptors (Lipinski definition) is 3. The second kappa shape index (κ2) is 9.02. The molecule has 0 spiro atoms. The fourth-order valence-corrected chi connectivity index (χ4v) is 3.07. The second-order valence-corrected chi connectivity index (χ2v) is 6.34. The van der Waals surface area contributed by atoms with Crippen LogP contribution in [0.2, 0.25) is 0 Å². The van der Waals surface area contributed by atoms with Crippen LogP contribution in [0.3, 0.4) is 0 Å². The smallest absolute Gasteiger partial charge is 0.222 e. The maximum absolute atomic E-state index is 12.5. The Hall–Kier alpha value is -2.62. The highest BCUT2D eigenvalue weighted by Gasteiger charge is 2.17. The first kappa shape index (κ1) is 17.2. The van der Waals surface area contributed by atoms with E-state index in [9.17, 15) is 4.79 Å². The average Bonchev–Trinajstić information content (AvgIpc) is 2.70. The Morgan fingerprint density at radius 2 is 1.52 bits per heavy atom. The van der Waals surface area contributed by atoms with Crippen LogP contribution in [0.25, 0.3) is 0 Å². The lowest BCUT2D eigenvalue weighted by Crippen LogP contribution is -2.35. The van der Waals surface area contributed by atoms with Gasteiger partial charge < -0.3 is 4.90 Å². The van der Waals surface area contributed by atoms with Crippen LogP contribution in [0.1, 0.15) is 37.7 Å². The molecule has 130 valence electrons. The quantitative estimate of drug-likeness (QED) is 0.632. The summed E-state index contributed by atoms with van der Waals surface area (Å²) in [5.74, 6) is 0.239. The molecule has 1 amide bonds. The number of carbonyl (C=O) groups is 1. The zero-order valence-corrected chi connectivity index (χ0v) is 14.5. The normalized spacial score (nSPS) is 15.0. The highest BCUT2D eigenvalue weighted by atomic mass is 16.2. The third kappa shape index (κ3) is 5.18. The summed E-state index contributed by atoms with van der Waals surface area (Å²) >= 11 is 0. The molecule has 2 aromatic rings. The topological polar surface area (TPSA) is 44.7 Å². The number of benzene rings is 2. The number of hydrazone groups is 1. The molecule has 0 bridgehead atoms. The van der Waals surface area contributed by atoms with Crippen LogP contribution >= 0.6 is 0 Å². The van der Waals surface area contributed by atoms with Crippen molar-refractivity contribution in [3.05, 3.63) is 66.2 Å². The summed E-state index contributed by atoms with van der Waals surface area (Å²) in [7, 11) is 0. The largest absolute Gasteiger partial charge is 0.343 e. The van der Waals surface area contributed by atoms with Crippen LogP contribution < -0.4 is 5.43 Å². The monoisotopic (exact) mass is 335 g/mol. The average molecular weight is 335 g/mol. The molecule has 2 aromatic carbocycles. The molecular formula is C21H25N3O. The van der Waals surface area contributed by atoms with E-state index in [4.69, 9.17) is 0 Å². The molecule has 25 heavy (non-hydrogen) atoms. The summed E-state index contributed by atoms with van der Waals surface area (Å²) in [6.07, 6.45) is 4.63. The molecule has 0 aromatic heterocycles. The van der Waals surface area contributed by atoms with Crippen molar-refractivity contribution in [2.45, 2.75) is 32.1 Å². The molecule has 0 atom stereocenters. The highest BCUT2D eigenvalue weighted by molar-refractivity contribution is 6.02. The first-order valence-electron chi connectivity index (χ1n) is 9.04. The van der Waals surface area contributed by atoms with Crippen LogP contribution in [0.5, 0.6) is 0 Å². The van der Waals surface area contributed by atoms with Crippen molar-refractivity contribution in [1.29, 1.82) is 0 Å². The molecule has 0 saturated carbocycles. The maximum Gasteiger partial charge on any atom is 0.222 e. The number of hydrogen-bond donors (Lipinski definition) is 1. The van der Waals surface area contributed by atoms with Gasteiger partial charge in [0.2, 0.25) is 5.91 Å². The van der Waals surface area contributed by atoms with Crippen molar-refractivity contribution in [3.8, 4) is 0 Å². The first-order chi connectivity index (χ1) is 12.3. The predicted octanol–water partition coefficient (Wildman–Crippen LogP) is 4.30. The van der Waals surface area contributed by atoms with E-state index >= 15 is 0 Å². The van der Waals surface area contributed by atoms with Crippen molar-refractivity contribution in [1.82, 2.24) is 4.90 Å². The van der Waals surface area contributed by atoms with Crippen molar-refractivity contribution < 1.29 is 4.79 Å². The van der Waals surface area contributed by atoms with Gasteiger partial charge in [-0.15, -0.1) is 0 Å². The summed E-state index contributed by atoms with van der Waals surface area (Å²) in [5, 5.41) is 4.58. The van der Waals surface area contributed by atoms with E-state index in [0.29, 0.717) is 12.8 Å². The Morgan fingerprint density at radius 3 is 2.20 bits per heavy atom. The number of carbonyl (C=O) groups excluding carboxylic acids is 1. The molecular weight excluding hydrogens is 310 g/mol. The van der Waals surface area contributed by atoms with Gasteiger partial charge in [-0.2, -0.15) is 5.10 Å². The molecule has 1 saturated heterocycles. The molecule has 1 N–H and O–H groups in total. The number of para-hydroxylation sites is 1. The Balaban J connectivity index is 1.67. The summed E-state index contributed by atoms with van der Waals surface area (Å²) in [6.45, 7) is 1.80. The number of likely N-dealkylation sites (tertiary alicyclic amines) is 1. The lowest BCUT2D eigenvalue weighted by molar-refractivity contribution is -0.131. The van der Waals surface area contributed by atoms with E-state index in [-0.39, 0.29) is 5.91 Å². The van der Waals surface area contributed by atoms with Gasteiger partial charge in [0, 0.05) is 25.9 Å². The zero-order valence-electron chi connectivity index (χ0n) is 14.5. The number of nitrogens with one attached hydrogen (secondary N) is 1. The molecule has 0 aliphatic carbocycles. The van der Waals surface area contributed by atoms with Crippen LogP contribution in [0.4, 0.5) is 5.69 Å². The van der Waals surface area contributed by atoms with Gasteiger partial charge in [0.25, 0.3) is 0 Å². The minimum absolute atomic E-state index is 0.239. The molecule has 0 radical (unpaired) electrons. The van der Waals surface area contributed by atoms with Crippen molar-refractivity contribution in [3.63, 3.8) is 0 Å². The summed E-state index contributed by atoms with van der Waals surface area (Å²) in [4.78, 5) is 14.5. The number of anilines is 1. The second-order valence-electron chi connectivity index (χ2n) is 6.34. The summed E-state index contributed by atoms with van der Waals surface area (Å²) in [6, 6.07) is 19.9. The third-order valence-corrected chi connectivity index (χ3v) is 4.49. The third-order valence-electron chi connectivity index (χ3n) is 4.49. The van der Waals surface area contributed by atoms with Gasteiger partial charge in [-0.3, -0.25) is 10.2 Å². The van der Waals surface area contributed by atoms with Crippen molar-refractivity contribution in [2.24, 2.45) is 5.10 Å². The van der Waals surface area contributed by atoms with E-state index in [1.165, 1.54) is 6.42 Å². The lowest BCUT2D eigenvalue weighted by Gasteiger charge is -2.26. The molecule has 1 fully saturated rings. The van der Waals surface area contributed by atoms with Crippen LogP contribution in [-0.2, 0) is 4.79 Å². The van der Waals surface area contributed by atoms with E-state index in [2.05, 4.69) is 10.5 Å². The Labute approximate surface area is 149 Å². The Kier molecular flexibility index (Phi) is 6.21. The number of rotatable bonds is 6. The zero-order chi connectivity index (χ0) is 17.3. The van der Waals surface area contributed by atoms with Crippen LogP contribution in [0.15, 0.2) is 65.8 Å². The van der Waals surface area contributed by atoms with E-state index in [0.717, 1.165) is 42.9 Å². The Morgan fingerprint density at radius 1 is 0.880 bits per heavy atom. The van der Waals surface area contributed by atoms with Gasteiger partial charge in [0.15, 0.2) is 0 Å². The number of amides is 1. The van der Waals surface area contributed by atoms with Crippen LogP contribution in [-0.4, -0.2) is 29.6 Å². The number of piperidine rings is 1. The molecule has 1 heterocycles. The molecule has 1 aliphatic heterocycles. The predicted molar refractivity (Wildman–Crippen MR) is 103 cm³/mol. The maximum atomic E-state index is 12.5. The number of nitrogens with zero attached hydrogens (tertiary/aromatic N) is 2. The van der Waals surface area contributed by atoms with Gasteiger partial charge in [0.05, 0.1) is 11.4 Å². The van der Waals surface area contributed by atoms with Gasteiger partial charge in [-0.25, -0.2) is 0 Å².